The van der Waals surface area contributed by atoms with Crippen molar-refractivity contribution in [1.29, 1.82) is 0 Å². The predicted octanol–water partition coefficient (Wildman–Crippen LogP) is 1.46. The molecule has 0 aliphatic carbocycles. The summed E-state index contributed by atoms with van der Waals surface area (Å²) in [5.74, 6) is 0.860. The fraction of sp³-hybridized carbons (Fsp3) is 0.500. The molecule has 0 unspecified atom stereocenters. The molecule has 1 aliphatic rings. The summed E-state index contributed by atoms with van der Waals surface area (Å²) in [6.07, 6.45) is -0.296. The quantitative estimate of drug-likeness (QED) is 0.842. The molecule has 0 atom stereocenters. The minimum Gasteiger partial charge on any atom is -0.494 e. The zero-order valence-electron chi connectivity index (χ0n) is 9.39. The zero-order valence-corrected chi connectivity index (χ0v) is 9.39. The van der Waals surface area contributed by atoms with E-state index in [1.165, 1.54) is 0 Å². The number of hydrogen-bond donors (Lipinski definition) is 1. The fourth-order valence-corrected chi connectivity index (χ4v) is 1.60. The van der Waals surface area contributed by atoms with E-state index in [-0.39, 0.29) is 12.3 Å². The molecule has 4 heteroatoms. The van der Waals surface area contributed by atoms with Gasteiger partial charge in [-0.2, -0.15) is 0 Å². The Morgan fingerprint density at radius 1 is 1.25 bits per heavy atom. The number of benzene rings is 1. The van der Waals surface area contributed by atoms with Crippen LogP contribution < -0.4 is 10.5 Å². The topological polar surface area (TPSA) is 53.7 Å². The first-order chi connectivity index (χ1) is 7.79. The number of hydrogen-bond acceptors (Lipinski definition) is 4. The minimum atomic E-state index is -0.296. The van der Waals surface area contributed by atoms with Crippen LogP contribution in [0.2, 0.25) is 0 Å². The average molecular weight is 223 g/mol. The van der Waals surface area contributed by atoms with E-state index in [9.17, 15) is 0 Å². The van der Waals surface area contributed by atoms with Gasteiger partial charge in [-0.05, 0) is 19.1 Å². The summed E-state index contributed by atoms with van der Waals surface area (Å²) in [5.41, 5.74) is 6.66. The molecule has 0 saturated carbocycles. The molecule has 88 valence electrons. The van der Waals surface area contributed by atoms with Crippen LogP contribution in [-0.4, -0.2) is 25.9 Å². The number of rotatable bonds is 3. The normalized spacial score (nSPS) is 25.4. The molecule has 1 heterocycles. The largest absolute Gasteiger partial charge is 0.494 e. The first-order valence-corrected chi connectivity index (χ1v) is 5.51. The van der Waals surface area contributed by atoms with E-state index in [0.717, 1.165) is 11.3 Å². The molecule has 0 aromatic heterocycles. The van der Waals surface area contributed by atoms with Crippen LogP contribution in [-0.2, 0) is 9.47 Å². The molecular weight excluding hydrogens is 206 g/mol. The lowest BCUT2D eigenvalue weighted by Crippen LogP contribution is -2.37. The molecule has 1 saturated heterocycles. The lowest BCUT2D eigenvalue weighted by Gasteiger charge is -2.27. The van der Waals surface area contributed by atoms with Gasteiger partial charge in [-0.25, -0.2) is 0 Å². The van der Waals surface area contributed by atoms with Gasteiger partial charge in [-0.1, -0.05) is 12.1 Å². The van der Waals surface area contributed by atoms with Gasteiger partial charge in [0.25, 0.3) is 0 Å². The van der Waals surface area contributed by atoms with E-state index in [0.29, 0.717) is 19.8 Å². The predicted molar refractivity (Wildman–Crippen MR) is 60.2 cm³/mol. The van der Waals surface area contributed by atoms with E-state index < -0.39 is 0 Å². The summed E-state index contributed by atoms with van der Waals surface area (Å²) in [4.78, 5) is 0. The average Bonchev–Trinajstić information content (AvgIpc) is 2.32. The van der Waals surface area contributed by atoms with Crippen molar-refractivity contribution in [3.05, 3.63) is 29.8 Å². The lowest BCUT2D eigenvalue weighted by molar-refractivity contribution is -0.189. The number of nitrogens with two attached hydrogens (primary N) is 1. The van der Waals surface area contributed by atoms with Crippen LogP contribution in [0.4, 0.5) is 0 Å². The Labute approximate surface area is 95.3 Å². The van der Waals surface area contributed by atoms with Gasteiger partial charge in [0.15, 0.2) is 6.29 Å². The van der Waals surface area contributed by atoms with Crippen LogP contribution in [0, 0.1) is 0 Å². The first kappa shape index (κ1) is 11.4. The summed E-state index contributed by atoms with van der Waals surface area (Å²) in [7, 11) is 0. The third-order valence-corrected chi connectivity index (χ3v) is 2.39. The van der Waals surface area contributed by atoms with Crippen molar-refractivity contribution >= 4 is 0 Å². The smallest absolute Gasteiger partial charge is 0.183 e. The molecule has 1 aromatic rings. The molecule has 0 radical (unpaired) electrons. The van der Waals surface area contributed by atoms with Crippen molar-refractivity contribution < 1.29 is 14.2 Å². The van der Waals surface area contributed by atoms with Crippen molar-refractivity contribution in [2.45, 2.75) is 19.3 Å². The van der Waals surface area contributed by atoms with Gasteiger partial charge in [0, 0.05) is 5.56 Å². The van der Waals surface area contributed by atoms with E-state index in [1.807, 2.05) is 31.2 Å². The molecule has 2 N–H and O–H groups in total. The van der Waals surface area contributed by atoms with Crippen molar-refractivity contribution in [1.82, 2.24) is 0 Å². The van der Waals surface area contributed by atoms with Gasteiger partial charge in [0.05, 0.1) is 25.9 Å². The summed E-state index contributed by atoms with van der Waals surface area (Å²) >= 11 is 0. The maximum atomic E-state index is 5.67. The van der Waals surface area contributed by atoms with E-state index in [4.69, 9.17) is 19.9 Å². The van der Waals surface area contributed by atoms with Gasteiger partial charge in [-0.15, -0.1) is 0 Å². The van der Waals surface area contributed by atoms with Crippen LogP contribution in [0.25, 0.3) is 0 Å². The second-order valence-corrected chi connectivity index (χ2v) is 3.76. The van der Waals surface area contributed by atoms with Crippen molar-refractivity contribution in [3.63, 3.8) is 0 Å². The van der Waals surface area contributed by atoms with Crippen LogP contribution >= 0.6 is 0 Å². The Balaban J connectivity index is 1.98. The molecule has 1 aromatic carbocycles. The standard InChI is InChI=1S/C12H17NO3/c1-2-14-11-5-3-9(4-6-11)12-15-7-10(13)8-16-12/h3-6,10,12H,2,7-8,13H2,1H3. The van der Waals surface area contributed by atoms with Crippen molar-refractivity contribution in [3.8, 4) is 5.75 Å². The second kappa shape index (κ2) is 5.30. The van der Waals surface area contributed by atoms with Crippen LogP contribution in [0.5, 0.6) is 5.75 Å². The highest BCUT2D eigenvalue weighted by atomic mass is 16.7. The van der Waals surface area contributed by atoms with E-state index in [2.05, 4.69) is 0 Å². The fourth-order valence-electron chi connectivity index (χ4n) is 1.60. The summed E-state index contributed by atoms with van der Waals surface area (Å²) in [5, 5.41) is 0. The molecule has 2 rings (SSSR count). The molecule has 4 nitrogen and oxygen atoms in total. The Morgan fingerprint density at radius 3 is 2.44 bits per heavy atom. The van der Waals surface area contributed by atoms with Gasteiger partial charge in [-0.3, -0.25) is 0 Å². The highest BCUT2D eigenvalue weighted by molar-refractivity contribution is 5.28. The maximum Gasteiger partial charge on any atom is 0.183 e. The Morgan fingerprint density at radius 2 is 1.88 bits per heavy atom. The zero-order chi connectivity index (χ0) is 11.4. The monoisotopic (exact) mass is 223 g/mol. The molecule has 0 spiro atoms. The molecule has 16 heavy (non-hydrogen) atoms. The van der Waals surface area contributed by atoms with Crippen LogP contribution in [0.1, 0.15) is 18.8 Å². The Bertz CT molecular complexity index is 318. The lowest BCUT2D eigenvalue weighted by atomic mass is 10.2. The summed E-state index contributed by atoms with van der Waals surface area (Å²) < 4.78 is 16.3. The molecule has 0 bridgehead atoms. The molecule has 0 amide bonds. The maximum absolute atomic E-state index is 5.67. The summed E-state index contributed by atoms with van der Waals surface area (Å²) in [6.45, 7) is 3.71. The SMILES string of the molecule is CCOc1ccc(C2OCC(N)CO2)cc1. The summed E-state index contributed by atoms with van der Waals surface area (Å²) in [6, 6.07) is 7.72. The van der Waals surface area contributed by atoms with Gasteiger partial charge in [0.1, 0.15) is 5.75 Å². The third kappa shape index (κ3) is 2.72. The molecule has 1 aliphatic heterocycles. The molecular formula is C12H17NO3. The van der Waals surface area contributed by atoms with Crippen molar-refractivity contribution in [2.24, 2.45) is 5.73 Å². The van der Waals surface area contributed by atoms with Crippen LogP contribution in [0.15, 0.2) is 24.3 Å². The third-order valence-electron chi connectivity index (χ3n) is 2.39. The van der Waals surface area contributed by atoms with Crippen molar-refractivity contribution in [2.75, 3.05) is 19.8 Å². The van der Waals surface area contributed by atoms with E-state index in [1.54, 1.807) is 0 Å². The van der Waals surface area contributed by atoms with Crippen LogP contribution in [0.3, 0.4) is 0 Å². The number of ether oxygens (including phenoxy) is 3. The van der Waals surface area contributed by atoms with Gasteiger partial charge in [0.2, 0.25) is 0 Å². The highest BCUT2D eigenvalue weighted by Crippen LogP contribution is 2.24. The second-order valence-electron chi connectivity index (χ2n) is 3.76. The Hall–Kier alpha value is -1.10. The van der Waals surface area contributed by atoms with Gasteiger partial charge < -0.3 is 19.9 Å². The van der Waals surface area contributed by atoms with Gasteiger partial charge >= 0.3 is 0 Å². The molecule has 1 fully saturated rings. The highest BCUT2D eigenvalue weighted by Gasteiger charge is 2.20. The first-order valence-electron chi connectivity index (χ1n) is 5.51. The van der Waals surface area contributed by atoms with E-state index >= 15 is 0 Å². The Kier molecular flexibility index (Phi) is 3.77. The minimum absolute atomic E-state index is 0.0149.